The second kappa shape index (κ2) is 6.66. The van der Waals surface area contributed by atoms with Gasteiger partial charge in [-0.05, 0) is 43.5 Å². The van der Waals surface area contributed by atoms with E-state index >= 15 is 0 Å². The van der Waals surface area contributed by atoms with Crippen LogP contribution in [0.15, 0.2) is 36.7 Å². The van der Waals surface area contributed by atoms with Crippen LogP contribution in [0.4, 0.5) is 17.1 Å². The Hall–Kier alpha value is -2.96. The smallest absolute Gasteiger partial charge is 0.293 e. The van der Waals surface area contributed by atoms with Crippen molar-refractivity contribution < 1.29 is 9.72 Å². The zero-order valence-electron chi connectivity index (χ0n) is 13.4. The zero-order chi connectivity index (χ0) is 17.1. The van der Waals surface area contributed by atoms with Crippen LogP contribution < -0.4 is 10.2 Å². The maximum atomic E-state index is 12.4. The Balaban J connectivity index is 1.88. The Morgan fingerprint density at radius 1 is 1.29 bits per heavy atom. The van der Waals surface area contributed by atoms with Crippen LogP contribution in [0.25, 0.3) is 0 Å². The summed E-state index contributed by atoms with van der Waals surface area (Å²) in [7, 11) is 0. The lowest BCUT2D eigenvalue weighted by molar-refractivity contribution is -0.384. The summed E-state index contributed by atoms with van der Waals surface area (Å²) in [6.45, 7) is 3.47. The summed E-state index contributed by atoms with van der Waals surface area (Å²) in [6.07, 6.45) is 5.25. The van der Waals surface area contributed by atoms with Gasteiger partial charge in [-0.25, -0.2) is 0 Å². The van der Waals surface area contributed by atoms with E-state index in [1.807, 2.05) is 11.8 Å². The number of carbonyl (C=O) groups is 1. The molecule has 1 aromatic heterocycles. The number of nitro groups is 1. The summed E-state index contributed by atoms with van der Waals surface area (Å²) in [5.41, 5.74) is 2.27. The second-order valence-corrected chi connectivity index (χ2v) is 5.80. The molecule has 2 aromatic rings. The van der Waals surface area contributed by atoms with Crippen molar-refractivity contribution in [2.45, 2.75) is 19.8 Å². The van der Waals surface area contributed by atoms with Gasteiger partial charge in [0, 0.05) is 30.9 Å². The molecule has 1 aliphatic heterocycles. The van der Waals surface area contributed by atoms with Gasteiger partial charge in [0.15, 0.2) is 0 Å². The van der Waals surface area contributed by atoms with Gasteiger partial charge in [0.25, 0.3) is 11.6 Å². The van der Waals surface area contributed by atoms with Crippen LogP contribution in [0.1, 0.15) is 28.8 Å². The number of aromatic nitrogens is 1. The molecule has 0 bridgehead atoms. The maximum absolute atomic E-state index is 12.4. The molecule has 2 heterocycles. The molecule has 1 saturated heterocycles. The van der Waals surface area contributed by atoms with E-state index < -0.39 is 4.92 Å². The van der Waals surface area contributed by atoms with E-state index in [4.69, 9.17) is 0 Å². The number of rotatable bonds is 4. The highest BCUT2D eigenvalue weighted by Gasteiger charge is 2.24. The fourth-order valence-electron chi connectivity index (χ4n) is 2.83. The Bertz CT molecular complexity index is 785. The number of nitro benzene ring substituents is 1. The molecule has 0 aliphatic carbocycles. The minimum Gasteiger partial charge on any atom is -0.366 e. The quantitative estimate of drug-likeness (QED) is 0.689. The fourth-order valence-corrected chi connectivity index (χ4v) is 2.83. The molecule has 7 nitrogen and oxygen atoms in total. The van der Waals surface area contributed by atoms with Crippen molar-refractivity contribution in [3.8, 4) is 0 Å². The minimum atomic E-state index is -0.431. The number of carbonyl (C=O) groups excluding carboxylic acids is 1. The van der Waals surface area contributed by atoms with Crippen molar-refractivity contribution in [3.63, 3.8) is 0 Å². The number of amides is 1. The molecule has 0 saturated carbocycles. The zero-order valence-corrected chi connectivity index (χ0v) is 13.4. The second-order valence-electron chi connectivity index (χ2n) is 5.80. The Morgan fingerprint density at radius 3 is 2.71 bits per heavy atom. The van der Waals surface area contributed by atoms with Crippen molar-refractivity contribution >= 4 is 23.0 Å². The molecule has 0 spiro atoms. The molecular formula is C17H18N4O3. The molecule has 1 aromatic carbocycles. The summed E-state index contributed by atoms with van der Waals surface area (Å²) >= 11 is 0. The molecule has 1 N–H and O–H groups in total. The summed E-state index contributed by atoms with van der Waals surface area (Å²) in [5.74, 6) is -0.387. The third-order valence-electron chi connectivity index (χ3n) is 4.17. The Labute approximate surface area is 139 Å². The van der Waals surface area contributed by atoms with E-state index in [9.17, 15) is 14.9 Å². The molecule has 3 rings (SSSR count). The van der Waals surface area contributed by atoms with Crippen molar-refractivity contribution in [2.75, 3.05) is 23.3 Å². The fraction of sp³-hybridized carbons (Fsp3) is 0.294. The van der Waals surface area contributed by atoms with Gasteiger partial charge >= 0.3 is 0 Å². The average molecular weight is 326 g/mol. The highest BCUT2D eigenvalue weighted by Crippen LogP contribution is 2.31. The van der Waals surface area contributed by atoms with Gasteiger partial charge in [0.1, 0.15) is 5.69 Å². The van der Waals surface area contributed by atoms with Gasteiger partial charge in [-0.1, -0.05) is 0 Å². The van der Waals surface area contributed by atoms with Gasteiger partial charge in [-0.3, -0.25) is 19.9 Å². The largest absolute Gasteiger partial charge is 0.366 e. The first-order valence-corrected chi connectivity index (χ1v) is 7.81. The average Bonchev–Trinajstić information content (AvgIpc) is 3.10. The predicted octanol–water partition coefficient (Wildman–Crippen LogP) is 3.15. The van der Waals surface area contributed by atoms with Crippen molar-refractivity contribution in [1.29, 1.82) is 0 Å². The molecule has 124 valence electrons. The van der Waals surface area contributed by atoms with Crippen LogP contribution in [0.5, 0.6) is 0 Å². The lowest BCUT2D eigenvalue weighted by Crippen LogP contribution is -2.20. The first-order valence-electron chi connectivity index (χ1n) is 7.81. The molecule has 1 fully saturated rings. The van der Waals surface area contributed by atoms with Crippen LogP contribution in [0, 0.1) is 17.0 Å². The summed E-state index contributed by atoms with van der Waals surface area (Å²) < 4.78 is 0. The summed E-state index contributed by atoms with van der Waals surface area (Å²) in [6, 6.07) is 6.42. The number of pyridine rings is 1. The van der Waals surface area contributed by atoms with E-state index in [1.54, 1.807) is 30.6 Å². The number of nitrogens with zero attached hydrogens (tertiary/aromatic N) is 3. The molecule has 24 heavy (non-hydrogen) atoms. The lowest BCUT2D eigenvalue weighted by Gasteiger charge is -2.17. The van der Waals surface area contributed by atoms with Gasteiger partial charge in [-0.2, -0.15) is 0 Å². The van der Waals surface area contributed by atoms with Crippen LogP contribution in [-0.2, 0) is 0 Å². The SMILES string of the molecule is Cc1ccncc1NC(=O)c1ccc(N2CCCC2)c([N+](=O)[O-])c1. The normalized spacial score (nSPS) is 13.8. The highest BCUT2D eigenvalue weighted by atomic mass is 16.6. The van der Waals surface area contributed by atoms with Crippen molar-refractivity contribution in [2.24, 2.45) is 0 Å². The molecule has 1 aliphatic rings. The first kappa shape index (κ1) is 15.9. The third kappa shape index (κ3) is 3.19. The maximum Gasteiger partial charge on any atom is 0.293 e. The molecule has 0 radical (unpaired) electrons. The Kier molecular flexibility index (Phi) is 4.41. The number of benzene rings is 1. The highest BCUT2D eigenvalue weighted by molar-refractivity contribution is 6.05. The van der Waals surface area contributed by atoms with Crippen LogP contribution >= 0.6 is 0 Å². The molecule has 0 atom stereocenters. The number of hydrogen-bond acceptors (Lipinski definition) is 5. The predicted molar refractivity (Wildman–Crippen MR) is 91.5 cm³/mol. The van der Waals surface area contributed by atoms with Gasteiger partial charge < -0.3 is 10.2 Å². The number of hydrogen-bond donors (Lipinski definition) is 1. The van der Waals surface area contributed by atoms with Gasteiger partial charge in [0.05, 0.1) is 16.8 Å². The molecular weight excluding hydrogens is 308 g/mol. The van der Waals surface area contributed by atoms with E-state index in [-0.39, 0.29) is 17.2 Å². The van der Waals surface area contributed by atoms with Crippen LogP contribution in [0.3, 0.4) is 0 Å². The lowest BCUT2D eigenvalue weighted by atomic mass is 10.1. The topological polar surface area (TPSA) is 88.4 Å². The monoisotopic (exact) mass is 326 g/mol. The van der Waals surface area contributed by atoms with Crippen molar-refractivity contribution in [3.05, 3.63) is 57.9 Å². The van der Waals surface area contributed by atoms with Gasteiger partial charge in [-0.15, -0.1) is 0 Å². The first-order chi connectivity index (χ1) is 11.6. The van der Waals surface area contributed by atoms with E-state index in [0.29, 0.717) is 11.4 Å². The van der Waals surface area contributed by atoms with E-state index in [0.717, 1.165) is 31.5 Å². The molecule has 1 amide bonds. The standard InChI is InChI=1S/C17H18N4O3/c1-12-6-7-18-11-14(12)19-17(22)13-4-5-15(16(10-13)21(23)24)20-8-2-3-9-20/h4-7,10-11H,2-3,8-9H2,1H3,(H,19,22). The van der Waals surface area contributed by atoms with Crippen LogP contribution in [-0.4, -0.2) is 28.9 Å². The Morgan fingerprint density at radius 2 is 2.04 bits per heavy atom. The number of nitrogens with one attached hydrogen (secondary N) is 1. The number of aryl methyl sites for hydroxylation is 1. The van der Waals surface area contributed by atoms with Gasteiger partial charge in [0.2, 0.25) is 0 Å². The van der Waals surface area contributed by atoms with E-state index in [2.05, 4.69) is 10.3 Å². The van der Waals surface area contributed by atoms with Crippen molar-refractivity contribution in [1.82, 2.24) is 4.98 Å². The summed E-state index contributed by atoms with van der Waals surface area (Å²) in [4.78, 5) is 29.3. The molecule has 7 heteroatoms. The number of anilines is 2. The van der Waals surface area contributed by atoms with Crippen LogP contribution in [0.2, 0.25) is 0 Å². The van der Waals surface area contributed by atoms with E-state index in [1.165, 1.54) is 6.07 Å². The summed E-state index contributed by atoms with van der Waals surface area (Å²) in [5, 5.41) is 14.1. The third-order valence-corrected chi connectivity index (χ3v) is 4.17. The molecule has 0 unspecified atom stereocenters. The minimum absolute atomic E-state index is 0.0348.